The third kappa shape index (κ3) is 3.66. The van der Waals surface area contributed by atoms with Crippen molar-refractivity contribution < 1.29 is 9.21 Å². The summed E-state index contributed by atoms with van der Waals surface area (Å²) in [6.45, 7) is 2.29. The van der Waals surface area contributed by atoms with Crippen LogP contribution in [0, 0.1) is 5.92 Å². The molecule has 0 bridgehead atoms. The van der Waals surface area contributed by atoms with E-state index < -0.39 is 0 Å². The van der Waals surface area contributed by atoms with E-state index in [1.165, 1.54) is 34.8 Å². The standard InChI is InChI=1S/C18H18N4O2S2/c1-11-4-5-13-14(7-11)26-18-16(13)17(19-10-20-18)25-9-15(23)22-21-8-12-3-2-6-24-12/h2-3,6,8,10-11H,4-5,7,9H2,1H3,(H,22,23). The summed E-state index contributed by atoms with van der Waals surface area (Å²) < 4.78 is 5.12. The molecule has 1 aliphatic rings. The number of nitrogens with zero attached hydrogens (tertiary/aromatic N) is 3. The van der Waals surface area contributed by atoms with Crippen LogP contribution in [0.25, 0.3) is 10.2 Å². The molecule has 1 atom stereocenters. The Hall–Kier alpha value is -2.19. The number of aromatic nitrogens is 2. The van der Waals surface area contributed by atoms with Gasteiger partial charge in [-0.3, -0.25) is 4.79 Å². The minimum atomic E-state index is -0.178. The van der Waals surface area contributed by atoms with E-state index in [0.29, 0.717) is 5.76 Å². The van der Waals surface area contributed by atoms with Crippen molar-refractivity contribution in [1.29, 1.82) is 0 Å². The van der Waals surface area contributed by atoms with Gasteiger partial charge < -0.3 is 4.42 Å². The predicted octanol–water partition coefficient (Wildman–Crippen LogP) is 3.65. The molecule has 0 radical (unpaired) electrons. The van der Waals surface area contributed by atoms with Gasteiger partial charge in [0.05, 0.1) is 18.2 Å². The molecule has 134 valence electrons. The van der Waals surface area contributed by atoms with E-state index in [0.717, 1.165) is 34.0 Å². The Morgan fingerprint density at radius 1 is 1.54 bits per heavy atom. The van der Waals surface area contributed by atoms with Crippen molar-refractivity contribution in [3.05, 3.63) is 40.9 Å². The minimum Gasteiger partial charge on any atom is -0.463 e. The lowest BCUT2D eigenvalue weighted by atomic mass is 9.89. The summed E-state index contributed by atoms with van der Waals surface area (Å²) in [5, 5.41) is 5.91. The van der Waals surface area contributed by atoms with Gasteiger partial charge in [0.25, 0.3) is 0 Å². The zero-order chi connectivity index (χ0) is 17.9. The second-order valence-electron chi connectivity index (χ2n) is 6.31. The summed E-state index contributed by atoms with van der Waals surface area (Å²) in [7, 11) is 0. The number of thiophene rings is 1. The Bertz CT molecular complexity index is 950. The van der Waals surface area contributed by atoms with Crippen molar-refractivity contribution in [3.63, 3.8) is 0 Å². The highest BCUT2D eigenvalue weighted by Crippen LogP contribution is 2.40. The lowest BCUT2D eigenvalue weighted by Gasteiger charge is -2.18. The average Bonchev–Trinajstić information content (AvgIpc) is 3.26. The quantitative estimate of drug-likeness (QED) is 0.313. The molecule has 3 aromatic heterocycles. The van der Waals surface area contributed by atoms with Gasteiger partial charge in [-0.1, -0.05) is 18.7 Å². The van der Waals surface area contributed by atoms with Crippen molar-refractivity contribution in [3.8, 4) is 0 Å². The van der Waals surface area contributed by atoms with E-state index in [2.05, 4.69) is 27.4 Å². The van der Waals surface area contributed by atoms with E-state index in [1.807, 2.05) is 0 Å². The molecule has 6 nitrogen and oxygen atoms in total. The molecule has 1 aliphatic carbocycles. The van der Waals surface area contributed by atoms with Gasteiger partial charge in [0.2, 0.25) is 5.91 Å². The van der Waals surface area contributed by atoms with Gasteiger partial charge in [0.1, 0.15) is 21.9 Å². The van der Waals surface area contributed by atoms with Crippen molar-refractivity contribution in [2.75, 3.05) is 5.75 Å². The molecule has 8 heteroatoms. The van der Waals surface area contributed by atoms with Crippen LogP contribution in [0.3, 0.4) is 0 Å². The second-order valence-corrected chi connectivity index (χ2v) is 8.36. The van der Waals surface area contributed by atoms with Gasteiger partial charge in [-0.2, -0.15) is 5.10 Å². The highest BCUT2D eigenvalue weighted by molar-refractivity contribution is 8.00. The number of carbonyl (C=O) groups excluding carboxylic acids is 1. The molecule has 0 saturated carbocycles. The first-order chi connectivity index (χ1) is 12.7. The Morgan fingerprint density at radius 2 is 2.46 bits per heavy atom. The lowest BCUT2D eigenvalue weighted by molar-refractivity contribution is -0.118. The summed E-state index contributed by atoms with van der Waals surface area (Å²) in [4.78, 5) is 23.3. The number of hydrogen-bond acceptors (Lipinski definition) is 7. The zero-order valence-corrected chi connectivity index (χ0v) is 15.9. The molecule has 3 heterocycles. The number of thioether (sulfide) groups is 1. The molecule has 3 aromatic rings. The normalized spacial score (nSPS) is 16.9. The maximum atomic E-state index is 12.0. The lowest BCUT2D eigenvalue weighted by Crippen LogP contribution is -2.19. The molecule has 4 rings (SSSR count). The van der Waals surface area contributed by atoms with Crippen LogP contribution in [-0.4, -0.2) is 27.8 Å². The van der Waals surface area contributed by atoms with E-state index in [-0.39, 0.29) is 11.7 Å². The number of carbonyl (C=O) groups is 1. The van der Waals surface area contributed by atoms with E-state index >= 15 is 0 Å². The van der Waals surface area contributed by atoms with E-state index in [9.17, 15) is 4.79 Å². The molecular weight excluding hydrogens is 368 g/mol. The van der Waals surface area contributed by atoms with Gasteiger partial charge in [0.15, 0.2) is 0 Å². The van der Waals surface area contributed by atoms with Crippen molar-refractivity contribution >= 4 is 45.4 Å². The number of amides is 1. The fraction of sp³-hybridized carbons (Fsp3) is 0.333. The van der Waals surface area contributed by atoms with Crippen molar-refractivity contribution in [2.24, 2.45) is 11.0 Å². The van der Waals surface area contributed by atoms with E-state index in [1.54, 1.807) is 36.1 Å². The molecule has 1 amide bonds. The number of fused-ring (bicyclic) bond motifs is 3. The van der Waals surface area contributed by atoms with Gasteiger partial charge in [-0.25, -0.2) is 15.4 Å². The van der Waals surface area contributed by atoms with Crippen LogP contribution in [0.15, 0.2) is 39.3 Å². The first-order valence-electron chi connectivity index (χ1n) is 8.44. The topological polar surface area (TPSA) is 80.4 Å². The molecular formula is C18H18N4O2S2. The molecule has 0 saturated heterocycles. The molecule has 1 unspecified atom stereocenters. The largest absolute Gasteiger partial charge is 0.463 e. The molecule has 0 spiro atoms. The number of furan rings is 1. The van der Waals surface area contributed by atoms with Crippen LogP contribution in [0.2, 0.25) is 0 Å². The smallest absolute Gasteiger partial charge is 0.250 e. The highest BCUT2D eigenvalue weighted by Gasteiger charge is 2.23. The van der Waals surface area contributed by atoms with Crippen molar-refractivity contribution in [2.45, 2.75) is 31.2 Å². The summed E-state index contributed by atoms with van der Waals surface area (Å²) in [6, 6.07) is 3.53. The summed E-state index contributed by atoms with van der Waals surface area (Å²) in [6.07, 6.45) is 7.99. The number of hydrazone groups is 1. The third-order valence-corrected chi connectivity index (χ3v) is 6.47. The maximum Gasteiger partial charge on any atom is 0.250 e. The molecule has 0 aromatic carbocycles. The third-order valence-electron chi connectivity index (χ3n) is 4.32. The summed E-state index contributed by atoms with van der Waals surface area (Å²) in [5.41, 5.74) is 3.89. The molecule has 0 aliphatic heterocycles. The van der Waals surface area contributed by atoms with Crippen LogP contribution in [-0.2, 0) is 17.6 Å². The second kappa shape index (κ2) is 7.59. The van der Waals surface area contributed by atoms with Gasteiger partial charge in [-0.05, 0) is 42.9 Å². The summed E-state index contributed by atoms with van der Waals surface area (Å²) >= 11 is 3.20. The predicted molar refractivity (Wildman–Crippen MR) is 104 cm³/mol. The summed E-state index contributed by atoms with van der Waals surface area (Å²) in [5.74, 6) is 1.39. The number of aryl methyl sites for hydroxylation is 1. The van der Waals surface area contributed by atoms with Gasteiger partial charge >= 0.3 is 0 Å². The molecule has 1 N–H and O–H groups in total. The number of rotatable bonds is 5. The Kier molecular flexibility index (Phi) is 5.03. The Balaban J connectivity index is 1.45. The van der Waals surface area contributed by atoms with Crippen molar-refractivity contribution in [1.82, 2.24) is 15.4 Å². The van der Waals surface area contributed by atoms with Gasteiger partial charge in [0, 0.05) is 10.3 Å². The minimum absolute atomic E-state index is 0.178. The Labute approximate surface area is 159 Å². The maximum absolute atomic E-state index is 12.0. The van der Waals surface area contributed by atoms with Crippen LogP contribution >= 0.6 is 23.1 Å². The van der Waals surface area contributed by atoms with Crippen LogP contribution in [0.1, 0.15) is 29.5 Å². The van der Waals surface area contributed by atoms with Gasteiger partial charge in [-0.15, -0.1) is 11.3 Å². The highest BCUT2D eigenvalue weighted by atomic mass is 32.2. The van der Waals surface area contributed by atoms with E-state index in [4.69, 9.17) is 4.42 Å². The average molecular weight is 387 g/mol. The molecule has 0 fully saturated rings. The van der Waals surface area contributed by atoms with Crippen LogP contribution < -0.4 is 5.43 Å². The Morgan fingerprint density at radius 3 is 3.31 bits per heavy atom. The number of nitrogens with one attached hydrogen (secondary N) is 1. The first kappa shape index (κ1) is 17.2. The van der Waals surface area contributed by atoms with Crippen LogP contribution in [0.4, 0.5) is 0 Å². The zero-order valence-electron chi connectivity index (χ0n) is 14.3. The molecule has 26 heavy (non-hydrogen) atoms. The first-order valence-corrected chi connectivity index (χ1v) is 10.2. The fourth-order valence-corrected chi connectivity index (χ4v) is 5.29. The fourth-order valence-electron chi connectivity index (χ4n) is 3.05. The SMILES string of the molecule is CC1CCc2c(sc3ncnc(SCC(=O)NN=Cc4ccco4)c23)C1. The van der Waals surface area contributed by atoms with Crippen LogP contribution in [0.5, 0.6) is 0 Å². The number of hydrogen-bond donors (Lipinski definition) is 1. The monoisotopic (exact) mass is 386 g/mol.